The Morgan fingerprint density at radius 3 is 2.54 bits per heavy atom. The number of hydrogen-bond donors (Lipinski definition) is 1. The smallest absolute Gasteiger partial charge is 0.242 e. The molecule has 0 radical (unpaired) electrons. The standard InChI is InChI=1S/C35H43N5O6.2ClH/c1-6-40-28-11-10-27(21-29(28)39(5)33(42)35(2,3)34(40)43)44-17-7-8-26-18-25(13-14-37-26)22-36-15-16-38(4)32(41)20-24-9-12-30-31(19-24)46-23-45-30;;/h9-14,18-19,21,36H,6-8,15-17,20,22-23H2,1-5H3;2*1H. The zero-order valence-corrected chi connectivity index (χ0v) is 29.7. The first-order valence-corrected chi connectivity index (χ1v) is 15.7. The van der Waals surface area contributed by atoms with Crippen LogP contribution in [0.25, 0.3) is 0 Å². The first-order valence-electron chi connectivity index (χ1n) is 15.7. The van der Waals surface area contributed by atoms with Crippen molar-refractivity contribution < 1.29 is 28.6 Å². The number of amides is 3. The van der Waals surface area contributed by atoms with Crippen LogP contribution in [0.5, 0.6) is 17.2 Å². The lowest BCUT2D eigenvalue weighted by Gasteiger charge is -2.27. The Labute approximate surface area is 294 Å². The average Bonchev–Trinajstić information content (AvgIpc) is 3.51. The molecule has 2 aliphatic heterocycles. The van der Waals surface area contributed by atoms with Gasteiger partial charge in [-0.05, 0) is 81.1 Å². The molecule has 0 spiro atoms. The topological polar surface area (TPSA) is 114 Å². The molecule has 48 heavy (non-hydrogen) atoms. The number of anilines is 2. The van der Waals surface area contributed by atoms with Crippen LogP contribution in [0.1, 0.15) is 44.0 Å². The van der Waals surface area contributed by atoms with Crippen molar-refractivity contribution in [3.05, 3.63) is 71.5 Å². The lowest BCUT2D eigenvalue weighted by molar-refractivity contribution is -0.137. The average molecular weight is 703 g/mol. The van der Waals surface area contributed by atoms with E-state index in [0.717, 1.165) is 29.7 Å². The molecule has 0 bridgehead atoms. The largest absolute Gasteiger partial charge is 0.494 e. The number of fused-ring (bicyclic) bond motifs is 2. The van der Waals surface area contributed by atoms with Crippen molar-refractivity contribution in [1.82, 2.24) is 15.2 Å². The van der Waals surface area contributed by atoms with Crippen molar-refractivity contribution in [3.63, 3.8) is 0 Å². The number of carbonyl (C=O) groups excluding carboxylic acids is 3. The lowest BCUT2D eigenvalue weighted by Crippen LogP contribution is -2.47. The molecule has 3 aromatic rings. The van der Waals surface area contributed by atoms with Crippen LogP contribution in [0.15, 0.2) is 54.7 Å². The molecule has 0 fully saturated rings. The number of nitrogens with one attached hydrogen (secondary N) is 1. The third-order valence-electron chi connectivity index (χ3n) is 8.43. The van der Waals surface area contributed by atoms with E-state index in [2.05, 4.69) is 16.4 Å². The number of aryl methyl sites for hydroxylation is 1. The predicted octanol–water partition coefficient (Wildman–Crippen LogP) is 4.81. The molecule has 2 aliphatic rings. The summed E-state index contributed by atoms with van der Waals surface area (Å²) in [5, 5.41) is 3.42. The molecule has 3 heterocycles. The Balaban J connectivity index is 0.00000312. The van der Waals surface area contributed by atoms with Crippen molar-refractivity contribution in [2.24, 2.45) is 5.41 Å². The number of likely N-dealkylation sites (N-methyl/N-ethyl adjacent to an activating group) is 1. The molecule has 3 amide bonds. The fourth-order valence-electron chi connectivity index (χ4n) is 5.65. The van der Waals surface area contributed by atoms with Crippen LogP contribution in [-0.2, 0) is 33.8 Å². The second-order valence-electron chi connectivity index (χ2n) is 12.2. The summed E-state index contributed by atoms with van der Waals surface area (Å²) in [6.45, 7) is 8.35. The monoisotopic (exact) mass is 701 g/mol. The summed E-state index contributed by atoms with van der Waals surface area (Å²) in [6, 6.07) is 15.2. The molecular formula is C35H45Cl2N5O6. The van der Waals surface area contributed by atoms with Gasteiger partial charge in [-0.3, -0.25) is 19.4 Å². The fraction of sp³-hybridized carbons (Fsp3) is 0.429. The van der Waals surface area contributed by atoms with Crippen LogP contribution >= 0.6 is 24.8 Å². The number of pyridine rings is 1. The number of ether oxygens (including phenoxy) is 3. The summed E-state index contributed by atoms with van der Waals surface area (Å²) in [4.78, 5) is 48.3. The first kappa shape index (κ1) is 38.4. The second kappa shape index (κ2) is 16.9. The maximum absolute atomic E-state index is 13.1. The molecule has 5 rings (SSSR count). The van der Waals surface area contributed by atoms with Crippen molar-refractivity contribution >= 4 is 53.9 Å². The highest BCUT2D eigenvalue weighted by Crippen LogP contribution is 2.40. The van der Waals surface area contributed by atoms with Gasteiger partial charge in [-0.2, -0.15) is 0 Å². The summed E-state index contributed by atoms with van der Waals surface area (Å²) >= 11 is 0. The SMILES string of the molecule is CCN1C(=O)C(C)(C)C(=O)N(C)c2cc(OCCCc3cc(CNCCN(C)C(=O)Cc4ccc5c(c4)OCO5)ccn3)ccc21.Cl.Cl. The lowest BCUT2D eigenvalue weighted by atomic mass is 9.90. The van der Waals surface area contributed by atoms with Gasteiger partial charge in [-0.25, -0.2) is 0 Å². The van der Waals surface area contributed by atoms with Gasteiger partial charge in [0.15, 0.2) is 11.5 Å². The van der Waals surface area contributed by atoms with E-state index in [9.17, 15) is 14.4 Å². The van der Waals surface area contributed by atoms with E-state index in [1.165, 1.54) is 0 Å². The minimum Gasteiger partial charge on any atom is -0.494 e. The Hall–Kier alpha value is -4.06. The number of rotatable bonds is 13. The zero-order chi connectivity index (χ0) is 32.8. The van der Waals surface area contributed by atoms with Gasteiger partial charge in [0.1, 0.15) is 11.2 Å². The highest BCUT2D eigenvalue weighted by Gasteiger charge is 2.45. The maximum atomic E-state index is 13.1. The number of nitrogens with zero attached hydrogens (tertiary/aromatic N) is 4. The molecule has 260 valence electrons. The van der Waals surface area contributed by atoms with E-state index in [1.54, 1.807) is 35.6 Å². The van der Waals surface area contributed by atoms with Crippen LogP contribution in [0.4, 0.5) is 11.4 Å². The van der Waals surface area contributed by atoms with Crippen molar-refractivity contribution in [2.75, 3.05) is 56.9 Å². The molecule has 0 saturated carbocycles. The van der Waals surface area contributed by atoms with Gasteiger partial charge in [0.25, 0.3) is 0 Å². The van der Waals surface area contributed by atoms with Crippen molar-refractivity contribution in [2.45, 2.75) is 46.6 Å². The normalized spacial score (nSPS) is 14.4. The minimum absolute atomic E-state index is 0. The number of hydrogen-bond acceptors (Lipinski definition) is 8. The third-order valence-corrected chi connectivity index (χ3v) is 8.43. The summed E-state index contributed by atoms with van der Waals surface area (Å²) in [5.41, 5.74) is 3.21. The summed E-state index contributed by atoms with van der Waals surface area (Å²) in [5.74, 6) is 1.63. The van der Waals surface area contributed by atoms with E-state index in [-0.39, 0.29) is 49.3 Å². The molecule has 1 N–H and O–H groups in total. The van der Waals surface area contributed by atoms with E-state index in [4.69, 9.17) is 14.2 Å². The van der Waals surface area contributed by atoms with Gasteiger partial charge < -0.3 is 34.2 Å². The summed E-state index contributed by atoms with van der Waals surface area (Å²) in [7, 11) is 3.52. The molecule has 0 atom stereocenters. The van der Waals surface area contributed by atoms with Gasteiger partial charge >= 0.3 is 0 Å². The molecule has 13 heteroatoms. The van der Waals surface area contributed by atoms with Crippen LogP contribution in [-0.4, -0.2) is 74.7 Å². The van der Waals surface area contributed by atoms with Crippen LogP contribution in [0.3, 0.4) is 0 Å². The maximum Gasteiger partial charge on any atom is 0.242 e. The molecule has 0 unspecified atom stereocenters. The number of carbonyl (C=O) groups is 3. The molecule has 2 aromatic carbocycles. The van der Waals surface area contributed by atoms with E-state index in [0.29, 0.717) is 67.8 Å². The predicted molar refractivity (Wildman–Crippen MR) is 190 cm³/mol. The van der Waals surface area contributed by atoms with E-state index < -0.39 is 5.41 Å². The Bertz CT molecular complexity index is 1600. The quantitative estimate of drug-likeness (QED) is 0.200. The van der Waals surface area contributed by atoms with Crippen LogP contribution < -0.4 is 29.3 Å². The third kappa shape index (κ3) is 8.69. The molecule has 1 aromatic heterocycles. The number of halogens is 2. The summed E-state index contributed by atoms with van der Waals surface area (Å²) in [6.07, 6.45) is 3.64. The molecule has 0 saturated heterocycles. The van der Waals surface area contributed by atoms with Gasteiger partial charge in [0.05, 0.1) is 24.4 Å². The fourth-order valence-corrected chi connectivity index (χ4v) is 5.65. The Morgan fingerprint density at radius 1 is 1.00 bits per heavy atom. The highest BCUT2D eigenvalue weighted by atomic mass is 35.5. The van der Waals surface area contributed by atoms with Gasteiger partial charge in [-0.15, -0.1) is 24.8 Å². The van der Waals surface area contributed by atoms with Crippen molar-refractivity contribution in [3.8, 4) is 17.2 Å². The van der Waals surface area contributed by atoms with Gasteiger partial charge in [0, 0.05) is 58.2 Å². The van der Waals surface area contributed by atoms with Crippen molar-refractivity contribution in [1.29, 1.82) is 0 Å². The Morgan fingerprint density at radius 2 is 1.77 bits per heavy atom. The first-order chi connectivity index (χ1) is 22.1. The highest BCUT2D eigenvalue weighted by molar-refractivity contribution is 6.20. The van der Waals surface area contributed by atoms with Crippen LogP contribution in [0, 0.1) is 5.41 Å². The molecular weight excluding hydrogens is 657 g/mol. The van der Waals surface area contributed by atoms with Crippen LogP contribution in [0.2, 0.25) is 0 Å². The second-order valence-corrected chi connectivity index (χ2v) is 12.2. The van der Waals surface area contributed by atoms with E-state index in [1.807, 2.05) is 62.6 Å². The van der Waals surface area contributed by atoms with Gasteiger partial charge in [0.2, 0.25) is 24.5 Å². The number of aromatic nitrogens is 1. The molecule has 0 aliphatic carbocycles. The zero-order valence-electron chi connectivity index (χ0n) is 28.1. The van der Waals surface area contributed by atoms with Gasteiger partial charge in [-0.1, -0.05) is 6.07 Å². The minimum atomic E-state index is -1.15. The Kier molecular flexibility index (Phi) is 13.5. The van der Waals surface area contributed by atoms with E-state index >= 15 is 0 Å². The molecule has 11 nitrogen and oxygen atoms in total. The summed E-state index contributed by atoms with van der Waals surface area (Å²) < 4.78 is 16.8. The number of benzene rings is 2.